The number of rotatable bonds is 3. The van der Waals surface area contributed by atoms with Gasteiger partial charge < -0.3 is 9.80 Å². The topological polar surface area (TPSA) is 79.6 Å². The largest absolute Gasteiger partial charge is 0.353 e. The Bertz CT molecular complexity index is 1150. The van der Waals surface area contributed by atoms with E-state index < -0.39 is 4.92 Å². The molecule has 0 spiro atoms. The summed E-state index contributed by atoms with van der Waals surface area (Å²) < 4.78 is 0. The van der Waals surface area contributed by atoms with Crippen LogP contribution in [-0.2, 0) is 0 Å². The first-order valence-electron chi connectivity index (χ1n) is 10.0. The van der Waals surface area contributed by atoms with Gasteiger partial charge in [-0.1, -0.05) is 24.3 Å². The van der Waals surface area contributed by atoms with Gasteiger partial charge in [-0.25, -0.2) is 4.98 Å². The third-order valence-electron chi connectivity index (χ3n) is 5.86. The molecule has 0 N–H and O–H groups in total. The lowest BCUT2D eigenvalue weighted by atomic mass is 10.0. The van der Waals surface area contributed by atoms with Crippen LogP contribution in [-0.4, -0.2) is 46.9 Å². The summed E-state index contributed by atoms with van der Waals surface area (Å²) in [4.78, 5) is 32.6. The lowest BCUT2D eigenvalue weighted by molar-refractivity contribution is -0.385. The molecule has 1 amide bonds. The zero-order chi connectivity index (χ0) is 21.4. The Hall–Kier alpha value is -3.48. The van der Waals surface area contributed by atoms with Crippen LogP contribution in [0.4, 0.5) is 11.5 Å². The zero-order valence-electron chi connectivity index (χ0n) is 17.4. The fourth-order valence-corrected chi connectivity index (χ4v) is 4.07. The van der Waals surface area contributed by atoms with Crippen LogP contribution in [0.2, 0.25) is 0 Å². The number of carbonyl (C=O) groups excluding carboxylic acids is 1. The quantitative estimate of drug-likeness (QED) is 0.486. The van der Waals surface area contributed by atoms with Gasteiger partial charge in [0.15, 0.2) is 0 Å². The van der Waals surface area contributed by atoms with Crippen molar-refractivity contribution in [1.82, 2.24) is 9.88 Å². The van der Waals surface area contributed by atoms with Crippen molar-refractivity contribution in [2.45, 2.75) is 20.8 Å². The predicted molar refractivity (Wildman–Crippen MR) is 117 cm³/mol. The number of carbonyl (C=O) groups is 1. The number of fused-ring (bicyclic) bond motifs is 1. The Labute approximate surface area is 175 Å². The van der Waals surface area contributed by atoms with E-state index in [1.807, 2.05) is 6.07 Å². The van der Waals surface area contributed by atoms with Crippen LogP contribution in [0.25, 0.3) is 10.9 Å². The van der Waals surface area contributed by atoms with Gasteiger partial charge in [0.1, 0.15) is 5.82 Å². The molecule has 7 nitrogen and oxygen atoms in total. The number of nitro groups is 1. The molecule has 7 heteroatoms. The van der Waals surface area contributed by atoms with E-state index in [9.17, 15) is 14.9 Å². The van der Waals surface area contributed by atoms with Crippen molar-refractivity contribution in [1.29, 1.82) is 0 Å². The summed E-state index contributed by atoms with van der Waals surface area (Å²) in [5.41, 5.74) is 4.13. The normalized spacial score (nSPS) is 14.2. The van der Waals surface area contributed by atoms with Gasteiger partial charge >= 0.3 is 0 Å². The van der Waals surface area contributed by atoms with Gasteiger partial charge in [-0.15, -0.1) is 0 Å². The summed E-state index contributed by atoms with van der Waals surface area (Å²) in [5.74, 6) is 0.766. The van der Waals surface area contributed by atoms with Crippen LogP contribution in [0.3, 0.4) is 0 Å². The Kier molecular flexibility index (Phi) is 5.11. The number of nitrogens with zero attached hydrogens (tertiary/aromatic N) is 4. The van der Waals surface area contributed by atoms with Gasteiger partial charge in [-0.05, 0) is 44.0 Å². The molecule has 4 rings (SSSR count). The molecule has 0 bridgehead atoms. The van der Waals surface area contributed by atoms with Gasteiger partial charge in [-0.3, -0.25) is 14.9 Å². The molecule has 154 valence electrons. The third-order valence-corrected chi connectivity index (χ3v) is 5.86. The van der Waals surface area contributed by atoms with Crippen LogP contribution in [0, 0.1) is 30.9 Å². The highest BCUT2D eigenvalue weighted by molar-refractivity contribution is 5.96. The first-order valence-corrected chi connectivity index (χ1v) is 10.0. The van der Waals surface area contributed by atoms with Crippen LogP contribution in [0.1, 0.15) is 27.0 Å². The van der Waals surface area contributed by atoms with E-state index in [4.69, 9.17) is 4.98 Å². The Balaban J connectivity index is 1.53. The Morgan fingerprint density at radius 2 is 1.70 bits per heavy atom. The molecule has 2 heterocycles. The Morgan fingerprint density at radius 3 is 2.40 bits per heavy atom. The van der Waals surface area contributed by atoms with Crippen molar-refractivity contribution in [3.05, 3.63) is 74.8 Å². The average molecular weight is 404 g/mol. The van der Waals surface area contributed by atoms with Gasteiger partial charge in [0.2, 0.25) is 0 Å². The smallest absolute Gasteiger partial charge is 0.273 e. The lowest BCUT2D eigenvalue weighted by Gasteiger charge is -2.36. The summed E-state index contributed by atoms with van der Waals surface area (Å²) in [6, 6.07) is 13.0. The maximum absolute atomic E-state index is 13.0. The fraction of sp³-hybridized carbons (Fsp3) is 0.304. The molecule has 1 aliphatic heterocycles. The van der Waals surface area contributed by atoms with Crippen molar-refractivity contribution in [3.8, 4) is 0 Å². The monoisotopic (exact) mass is 404 g/mol. The SMILES string of the molecule is Cc1c(C(=O)N2CCN(c3cc(C)c4cccc(C)c4n3)CC2)cccc1[N+](=O)[O-]. The molecular formula is C23H24N4O3. The molecule has 1 fully saturated rings. The summed E-state index contributed by atoms with van der Waals surface area (Å²) in [6.45, 7) is 8.23. The molecule has 1 saturated heterocycles. The van der Waals surface area contributed by atoms with Crippen LogP contribution in [0.5, 0.6) is 0 Å². The second-order valence-corrected chi connectivity index (χ2v) is 7.75. The van der Waals surface area contributed by atoms with Crippen molar-refractivity contribution in [3.63, 3.8) is 0 Å². The van der Waals surface area contributed by atoms with Gasteiger partial charge in [0.25, 0.3) is 11.6 Å². The molecule has 30 heavy (non-hydrogen) atoms. The van der Waals surface area contributed by atoms with Crippen LogP contribution < -0.4 is 4.90 Å². The van der Waals surface area contributed by atoms with Crippen molar-refractivity contribution >= 4 is 28.3 Å². The number of benzene rings is 2. The molecule has 1 aliphatic rings. The molecule has 2 aromatic carbocycles. The minimum absolute atomic E-state index is 0.0225. The maximum atomic E-state index is 13.0. The van der Waals surface area contributed by atoms with Crippen molar-refractivity contribution < 1.29 is 9.72 Å². The standard InChI is InChI=1S/C23H24N4O3/c1-15-6-4-7-18-16(2)14-21(24-22(15)18)25-10-12-26(13-11-25)23(28)19-8-5-9-20(17(19)3)27(29)30/h4-9,14H,10-13H2,1-3H3. The van der Waals surface area contributed by atoms with Gasteiger partial charge in [0.05, 0.1) is 10.4 Å². The highest BCUT2D eigenvalue weighted by Gasteiger charge is 2.26. The second kappa shape index (κ2) is 7.74. The van der Waals surface area contributed by atoms with Crippen LogP contribution >= 0.6 is 0 Å². The summed E-state index contributed by atoms with van der Waals surface area (Å²) >= 11 is 0. The predicted octanol–water partition coefficient (Wildman–Crippen LogP) is 4.03. The summed E-state index contributed by atoms with van der Waals surface area (Å²) in [6.07, 6.45) is 0. The molecule has 0 unspecified atom stereocenters. The number of hydrogen-bond acceptors (Lipinski definition) is 5. The Morgan fingerprint density at radius 1 is 1.00 bits per heavy atom. The maximum Gasteiger partial charge on any atom is 0.273 e. The molecule has 3 aromatic rings. The molecule has 1 aromatic heterocycles. The number of nitro benzene ring substituents is 1. The number of para-hydroxylation sites is 1. The second-order valence-electron chi connectivity index (χ2n) is 7.75. The summed E-state index contributed by atoms with van der Waals surface area (Å²) in [5, 5.41) is 12.3. The molecule has 0 aliphatic carbocycles. The number of amides is 1. The number of pyridine rings is 1. The van der Waals surface area contributed by atoms with E-state index in [2.05, 4.69) is 36.9 Å². The van der Waals surface area contributed by atoms with Gasteiger partial charge in [0, 0.05) is 48.8 Å². The molecule has 0 atom stereocenters. The van der Waals surface area contributed by atoms with E-state index in [0.717, 1.165) is 22.3 Å². The van der Waals surface area contributed by atoms with E-state index in [0.29, 0.717) is 37.3 Å². The van der Waals surface area contributed by atoms with E-state index in [-0.39, 0.29) is 11.6 Å². The number of aromatic nitrogens is 1. The minimum Gasteiger partial charge on any atom is -0.353 e. The van der Waals surface area contributed by atoms with Gasteiger partial charge in [-0.2, -0.15) is 0 Å². The molecule has 0 saturated carbocycles. The zero-order valence-corrected chi connectivity index (χ0v) is 17.4. The molecule has 0 radical (unpaired) electrons. The number of hydrogen-bond donors (Lipinski definition) is 0. The highest BCUT2D eigenvalue weighted by Crippen LogP contribution is 2.26. The molecular weight excluding hydrogens is 380 g/mol. The third kappa shape index (κ3) is 3.47. The van der Waals surface area contributed by atoms with E-state index in [1.165, 1.54) is 11.6 Å². The first-order chi connectivity index (χ1) is 14.4. The van der Waals surface area contributed by atoms with Crippen LogP contribution in [0.15, 0.2) is 42.5 Å². The number of anilines is 1. The lowest BCUT2D eigenvalue weighted by Crippen LogP contribution is -2.49. The number of aryl methyl sites for hydroxylation is 2. The van der Waals surface area contributed by atoms with Crippen molar-refractivity contribution in [2.75, 3.05) is 31.1 Å². The average Bonchev–Trinajstić information content (AvgIpc) is 2.74. The first kappa shape index (κ1) is 19.8. The minimum atomic E-state index is -0.445. The number of piperazine rings is 1. The van der Waals surface area contributed by atoms with Crippen molar-refractivity contribution in [2.24, 2.45) is 0 Å². The van der Waals surface area contributed by atoms with E-state index >= 15 is 0 Å². The van der Waals surface area contributed by atoms with E-state index in [1.54, 1.807) is 24.0 Å². The highest BCUT2D eigenvalue weighted by atomic mass is 16.6. The summed E-state index contributed by atoms with van der Waals surface area (Å²) in [7, 11) is 0. The fourth-order valence-electron chi connectivity index (χ4n) is 4.07.